The number of fused-ring (bicyclic) bond motifs is 1. The van der Waals surface area contributed by atoms with E-state index in [1.807, 2.05) is 0 Å². The van der Waals surface area contributed by atoms with Crippen LogP contribution in [0.3, 0.4) is 0 Å². The van der Waals surface area contributed by atoms with Gasteiger partial charge in [0.1, 0.15) is 17.3 Å². The summed E-state index contributed by atoms with van der Waals surface area (Å²) < 4.78 is 24.6. The minimum Gasteiger partial charge on any atom is -0.492 e. The quantitative estimate of drug-likeness (QED) is 0.359. The molecule has 0 radical (unpaired) electrons. The SMILES string of the molecule is CC1Oc2ccc(NC(=O)CCCOc3ccc(Cl)cc3Cl)cc2N(Cc2ccc(F)cc2)C1=O. The van der Waals surface area contributed by atoms with Crippen LogP contribution in [0.2, 0.25) is 10.0 Å². The van der Waals surface area contributed by atoms with Gasteiger partial charge in [-0.1, -0.05) is 35.3 Å². The van der Waals surface area contributed by atoms with Gasteiger partial charge in [0.2, 0.25) is 5.91 Å². The predicted molar refractivity (Wildman–Crippen MR) is 134 cm³/mol. The average molecular weight is 517 g/mol. The maximum absolute atomic E-state index is 13.3. The number of halogens is 3. The molecule has 3 aromatic rings. The fourth-order valence-electron chi connectivity index (χ4n) is 3.65. The van der Waals surface area contributed by atoms with E-state index in [1.54, 1.807) is 60.4 Å². The first-order valence-corrected chi connectivity index (χ1v) is 11.8. The number of carbonyl (C=O) groups is 2. The molecule has 0 fully saturated rings. The molecule has 0 aliphatic carbocycles. The molecule has 1 heterocycles. The fraction of sp³-hybridized carbons (Fsp3) is 0.231. The maximum atomic E-state index is 13.3. The van der Waals surface area contributed by atoms with Gasteiger partial charge in [0.05, 0.1) is 23.9 Å². The molecule has 182 valence electrons. The number of amides is 2. The van der Waals surface area contributed by atoms with Crippen molar-refractivity contribution >= 4 is 46.4 Å². The number of nitrogens with one attached hydrogen (secondary N) is 1. The molecule has 6 nitrogen and oxygen atoms in total. The van der Waals surface area contributed by atoms with Gasteiger partial charge in [0.25, 0.3) is 5.91 Å². The van der Waals surface area contributed by atoms with Crippen molar-refractivity contribution in [3.05, 3.63) is 82.1 Å². The van der Waals surface area contributed by atoms with Gasteiger partial charge in [0.15, 0.2) is 6.10 Å². The lowest BCUT2D eigenvalue weighted by atomic mass is 10.1. The second-order valence-corrected chi connectivity index (χ2v) is 8.91. The molecule has 1 N–H and O–H groups in total. The molecule has 4 rings (SSSR count). The van der Waals surface area contributed by atoms with Gasteiger partial charge in [-0.2, -0.15) is 0 Å². The van der Waals surface area contributed by atoms with Crippen LogP contribution in [-0.4, -0.2) is 24.5 Å². The number of rotatable bonds is 8. The normalized spacial score (nSPS) is 14.8. The Kier molecular flexibility index (Phi) is 7.78. The van der Waals surface area contributed by atoms with Crippen molar-refractivity contribution in [1.29, 1.82) is 0 Å². The third-order valence-electron chi connectivity index (χ3n) is 5.40. The highest BCUT2D eigenvalue weighted by Crippen LogP contribution is 2.37. The van der Waals surface area contributed by atoms with Crippen LogP contribution in [0.15, 0.2) is 60.7 Å². The molecule has 0 bridgehead atoms. The van der Waals surface area contributed by atoms with Crippen LogP contribution in [0.5, 0.6) is 11.5 Å². The van der Waals surface area contributed by atoms with Gasteiger partial charge in [-0.15, -0.1) is 0 Å². The minimum atomic E-state index is -0.655. The van der Waals surface area contributed by atoms with E-state index < -0.39 is 6.10 Å². The third kappa shape index (κ3) is 6.24. The number of carbonyl (C=O) groups excluding carboxylic acids is 2. The lowest BCUT2D eigenvalue weighted by Crippen LogP contribution is -2.44. The zero-order valence-corrected chi connectivity index (χ0v) is 20.4. The van der Waals surface area contributed by atoms with Crippen LogP contribution >= 0.6 is 23.2 Å². The van der Waals surface area contributed by atoms with E-state index in [4.69, 9.17) is 32.7 Å². The van der Waals surface area contributed by atoms with Crippen molar-refractivity contribution in [3.8, 4) is 11.5 Å². The van der Waals surface area contributed by atoms with E-state index in [-0.39, 0.29) is 30.6 Å². The van der Waals surface area contributed by atoms with E-state index in [0.717, 1.165) is 5.56 Å². The highest BCUT2D eigenvalue weighted by Gasteiger charge is 2.31. The Morgan fingerprint density at radius 3 is 2.63 bits per heavy atom. The summed E-state index contributed by atoms with van der Waals surface area (Å²) in [7, 11) is 0. The molecule has 9 heteroatoms. The van der Waals surface area contributed by atoms with Gasteiger partial charge < -0.3 is 19.7 Å². The topological polar surface area (TPSA) is 67.9 Å². The Bertz CT molecular complexity index is 1240. The molecule has 1 aliphatic rings. The predicted octanol–water partition coefficient (Wildman–Crippen LogP) is 6.24. The second-order valence-electron chi connectivity index (χ2n) is 8.07. The Morgan fingerprint density at radius 2 is 1.89 bits per heavy atom. The molecule has 0 aromatic heterocycles. The second kappa shape index (κ2) is 11.0. The number of ether oxygens (including phenoxy) is 2. The smallest absolute Gasteiger partial charge is 0.268 e. The largest absolute Gasteiger partial charge is 0.492 e. The molecule has 1 unspecified atom stereocenters. The summed E-state index contributed by atoms with van der Waals surface area (Å²) in [5.74, 6) is 0.278. The number of nitrogens with zero attached hydrogens (tertiary/aromatic N) is 1. The first kappa shape index (κ1) is 24.8. The summed E-state index contributed by atoms with van der Waals surface area (Å²) in [6.07, 6.45) is 0.0529. The van der Waals surface area contributed by atoms with Crippen LogP contribution in [0, 0.1) is 5.82 Å². The van der Waals surface area contributed by atoms with E-state index >= 15 is 0 Å². The van der Waals surface area contributed by atoms with Gasteiger partial charge in [0, 0.05) is 17.1 Å². The van der Waals surface area contributed by atoms with Crippen molar-refractivity contribution in [2.45, 2.75) is 32.4 Å². The Hall–Kier alpha value is -3.29. The zero-order chi connectivity index (χ0) is 24.9. The first-order chi connectivity index (χ1) is 16.8. The highest BCUT2D eigenvalue weighted by molar-refractivity contribution is 6.35. The van der Waals surface area contributed by atoms with Crippen molar-refractivity contribution in [2.24, 2.45) is 0 Å². The molecule has 0 saturated heterocycles. The highest BCUT2D eigenvalue weighted by atomic mass is 35.5. The molecule has 3 aromatic carbocycles. The van der Waals surface area contributed by atoms with Gasteiger partial charge in [-0.25, -0.2) is 4.39 Å². The molecular formula is C26H23Cl2FN2O4. The molecular weight excluding hydrogens is 494 g/mol. The number of hydrogen-bond acceptors (Lipinski definition) is 4. The van der Waals surface area contributed by atoms with Crippen molar-refractivity contribution in [1.82, 2.24) is 0 Å². The lowest BCUT2D eigenvalue weighted by molar-refractivity contribution is -0.125. The van der Waals surface area contributed by atoms with E-state index in [9.17, 15) is 14.0 Å². The fourth-order valence-corrected chi connectivity index (χ4v) is 4.11. The minimum absolute atomic E-state index is 0.197. The van der Waals surface area contributed by atoms with E-state index in [2.05, 4.69) is 5.32 Å². The third-order valence-corrected chi connectivity index (χ3v) is 5.94. The molecule has 0 saturated carbocycles. The van der Waals surface area contributed by atoms with Crippen LogP contribution < -0.4 is 19.7 Å². The molecule has 0 spiro atoms. The lowest BCUT2D eigenvalue weighted by Gasteiger charge is -2.33. The monoisotopic (exact) mass is 516 g/mol. The van der Waals surface area contributed by atoms with Crippen LogP contribution in [0.4, 0.5) is 15.8 Å². The summed E-state index contributed by atoms with van der Waals surface area (Å²) in [6.45, 7) is 2.24. The van der Waals surface area contributed by atoms with Gasteiger partial charge in [-0.05, 0) is 67.4 Å². The van der Waals surface area contributed by atoms with E-state index in [0.29, 0.717) is 45.9 Å². The Balaban J connectivity index is 1.38. The van der Waals surface area contributed by atoms with Crippen LogP contribution in [-0.2, 0) is 16.1 Å². The van der Waals surface area contributed by atoms with Crippen molar-refractivity contribution < 1.29 is 23.5 Å². The standard InChI is InChI=1S/C26H23Cl2FN2O4/c1-16-26(33)31(15-17-4-7-19(29)8-5-17)22-14-20(9-11-24(22)35-16)30-25(32)3-2-12-34-23-10-6-18(27)13-21(23)28/h4-11,13-14,16H,2-3,12,15H2,1H3,(H,30,32). The summed E-state index contributed by atoms with van der Waals surface area (Å²) >= 11 is 12.0. The van der Waals surface area contributed by atoms with Gasteiger partial charge >= 0.3 is 0 Å². The zero-order valence-electron chi connectivity index (χ0n) is 18.9. The molecule has 1 atom stereocenters. The first-order valence-electron chi connectivity index (χ1n) is 11.0. The van der Waals surface area contributed by atoms with E-state index in [1.165, 1.54) is 12.1 Å². The molecule has 1 aliphatic heterocycles. The van der Waals surface area contributed by atoms with Crippen LogP contribution in [0.1, 0.15) is 25.3 Å². The summed E-state index contributed by atoms with van der Waals surface area (Å²) in [4.78, 5) is 26.9. The van der Waals surface area contributed by atoms with Crippen LogP contribution in [0.25, 0.3) is 0 Å². The summed E-state index contributed by atoms with van der Waals surface area (Å²) in [5, 5.41) is 3.77. The number of benzene rings is 3. The Morgan fingerprint density at radius 1 is 1.11 bits per heavy atom. The average Bonchev–Trinajstić information content (AvgIpc) is 2.82. The molecule has 35 heavy (non-hydrogen) atoms. The maximum Gasteiger partial charge on any atom is 0.268 e. The molecule has 2 amide bonds. The van der Waals surface area contributed by atoms with Crippen molar-refractivity contribution in [2.75, 3.05) is 16.8 Å². The summed E-state index contributed by atoms with van der Waals surface area (Å²) in [5.41, 5.74) is 1.84. The van der Waals surface area contributed by atoms with Gasteiger partial charge in [-0.3, -0.25) is 9.59 Å². The number of hydrogen-bond donors (Lipinski definition) is 1. The van der Waals surface area contributed by atoms with Crippen molar-refractivity contribution in [3.63, 3.8) is 0 Å². The Labute approximate surface area is 212 Å². The summed E-state index contributed by atoms with van der Waals surface area (Å²) in [6, 6.07) is 16.1. The number of anilines is 2.